The van der Waals surface area contributed by atoms with Gasteiger partial charge in [-0.3, -0.25) is 9.69 Å². The number of urea groups is 1. The van der Waals surface area contributed by atoms with E-state index < -0.39 is 6.03 Å². The number of carbonyl (C=O) groups excluding carboxylic acids is 2. The van der Waals surface area contributed by atoms with Crippen molar-refractivity contribution in [3.63, 3.8) is 0 Å². The maximum Gasteiger partial charge on any atom is 0.329 e. The zero-order chi connectivity index (χ0) is 21.8. The molecule has 1 N–H and O–H groups in total. The molecule has 0 aromatic heterocycles. The Morgan fingerprint density at radius 1 is 0.968 bits per heavy atom. The highest BCUT2D eigenvalue weighted by molar-refractivity contribution is 9.10. The summed E-state index contributed by atoms with van der Waals surface area (Å²) in [6.07, 6.45) is 1.62. The van der Waals surface area contributed by atoms with Gasteiger partial charge in [0, 0.05) is 0 Å². The van der Waals surface area contributed by atoms with E-state index in [0.29, 0.717) is 10.2 Å². The Labute approximate surface area is 187 Å². The van der Waals surface area contributed by atoms with E-state index in [4.69, 9.17) is 4.74 Å². The lowest BCUT2D eigenvalue weighted by atomic mass is 10.1. The van der Waals surface area contributed by atoms with Gasteiger partial charge in [-0.05, 0) is 63.0 Å². The van der Waals surface area contributed by atoms with Gasteiger partial charge >= 0.3 is 6.03 Å². The third kappa shape index (κ3) is 5.00. The second-order valence-corrected chi connectivity index (χ2v) is 7.83. The molecular formula is C24H18BrFN2O3. The molecule has 1 aliphatic heterocycles. The van der Waals surface area contributed by atoms with Gasteiger partial charge in [0.2, 0.25) is 0 Å². The average Bonchev–Trinajstić information content (AvgIpc) is 3.01. The summed E-state index contributed by atoms with van der Waals surface area (Å²) in [5, 5.41) is 2.62. The first kappa shape index (κ1) is 20.8. The van der Waals surface area contributed by atoms with Crippen LogP contribution in [0.25, 0.3) is 6.08 Å². The van der Waals surface area contributed by atoms with Gasteiger partial charge in [0.25, 0.3) is 5.91 Å². The summed E-state index contributed by atoms with van der Waals surface area (Å²) in [6.45, 7) is 0.430. The molecule has 0 aliphatic carbocycles. The Morgan fingerprint density at radius 2 is 1.74 bits per heavy atom. The molecule has 0 atom stereocenters. The van der Waals surface area contributed by atoms with E-state index in [1.54, 1.807) is 36.4 Å². The number of halogens is 2. The van der Waals surface area contributed by atoms with Crippen molar-refractivity contribution in [2.75, 3.05) is 0 Å². The highest BCUT2D eigenvalue weighted by Crippen LogP contribution is 2.28. The molecular weight excluding hydrogens is 463 g/mol. The van der Waals surface area contributed by atoms with Crippen LogP contribution in [0.15, 0.2) is 83.0 Å². The average molecular weight is 481 g/mol. The van der Waals surface area contributed by atoms with Gasteiger partial charge in [-0.1, -0.05) is 48.5 Å². The fourth-order valence-electron chi connectivity index (χ4n) is 3.16. The van der Waals surface area contributed by atoms with Crippen molar-refractivity contribution in [3.05, 3.63) is 105 Å². The molecule has 0 bridgehead atoms. The minimum Gasteiger partial charge on any atom is -0.488 e. The molecule has 156 valence electrons. The molecule has 3 amide bonds. The third-order valence-corrected chi connectivity index (χ3v) is 5.32. The lowest BCUT2D eigenvalue weighted by Gasteiger charge is -2.11. The molecule has 1 fully saturated rings. The van der Waals surface area contributed by atoms with Crippen LogP contribution in [0.1, 0.15) is 16.7 Å². The summed E-state index contributed by atoms with van der Waals surface area (Å²) < 4.78 is 19.7. The van der Waals surface area contributed by atoms with E-state index in [9.17, 15) is 14.0 Å². The SMILES string of the molecule is O=C1N/C(=C/c2ccc(OCc3cccc(F)c3)c(Br)c2)C(=O)N1Cc1ccccc1. The molecule has 7 heteroatoms. The molecule has 3 aromatic rings. The Bertz CT molecular complexity index is 1160. The minimum atomic E-state index is -0.450. The van der Waals surface area contributed by atoms with Crippen LogP contribution < -0.4 is 10.1 Å². The van der Waals surface area contributed by atoms with Crippen LogP contribution in [-0.2, 0) is 17.9 Å². The Kier molecular flexibility index (Phi) is 6.13. The van der Waals surface area contributed by atoms with Crippen molar-refractivity contribution in [1.29, 1.82) is 0 Å². The van der Waals surface area contributed by atoms with Crippen LogP contribution in [0, 0.1) is 5.82 Å². The van der Waals surface area contributed by atoms with Crippen LogP contribution >= 0.6 is 15.9 Å². The molecule has 0 radical (unpaired) electrons. The summed E-state index contributed by atoms with van der Waals surface area (Å²) in [7, 11) is 0. The van der Waals surface area contributed by atoms with Gasteiger partial charge in [-0.2, -0.15) is 0 Å². The summed E-state index contributed by atoms with van der Waals surface area (Å²) >= 11 is 3.46. The summed E-state index contributed by atoms with van der Waals surface area (Å²) in [6, 6.07) is 20.4. The quantitative estimate of drug-likeness (QED) is 0.386. The zero-order valence-electron chi connectivity index (χ0n) is 16.3. The summed E-state index contributed by atoms with van der Waals surface area (Å²) in [5.41, 5.74) is 2.52. The van der Waals surface area contributed by atoms with E-state index >= 15 is 0 Å². The standard InChI is InChI=1S/C24H18BrFN2O3/c25-20-12-17(9-10-22(20)31-15-18-7-4-8-19(26)11-18)13-21-23(29)28(24(30)27-21)14-16-5-2-1-3-6-16/h1-13H,14-15H2,(H,27,30)/b21-13+. The Balaban J connectivity index is 1.45. The van der Waals surface area contributed by atoms with Crippen LogP contribution in [0.4, 0.5) is 9.18 Å². The minimum absolute atomic E-state index is 0.208. The highest BCUT2D eigenvalue weighted by Gasteiger charge is 2.33. The summed E-state index contributed by atoms with van der Waals surface area (Å²) in [5.74, 6) is -0.109. The molecule has 4 rings (SSSR count). The molecule has 3 aromatic carbocycles. The van der Waals surface area contributed by atoms with Crippen LogP contribution in [-0.4, -0.2) is 16.8 Å². The lowest BCUT2D eigenvalue weighted by molar-refractivity contribution is -0.123. The van der Waals surface area contributed by atoms with Crippen LogP contribution in [0.2, 0.25) is 0 Å². The molecule has 0 spiro atoms. The number of nitrogens with zero attached hydrogens (tertiary/aromatic N) is 1. The maximum atomic E-state index is 13.3. The number of hydrogen-bond donors (Lipinski definition) is 1. The second-order valence-electron chi connectivity index (χ2n) is 6.97. The molecule has 0 unspecified atom stereocenters. The van der Waals surface area contributed by atoms with Gasteiger partial charge in [0.15, 0.2) is 0 Å². The molecule has 5 nitrogen and oxygen atoms in total. The van der Waals surface area contributed by atoms with E-state index in [2.05, 4.69) is 21.2 Å². The molecule has 1 heterocycles. The Morgan fingerprint density at radius 3 is 2.48 bits per heavy atom. The number of carbonyl (C=O) groups is 2. The number of nitrogens with one attached hydrogen (secondary N) is 1. The largest absolute Gasteiger partial charge is 0.488 e. The normalized spacial score (nSPS) is 14.8. The zero-order valence-corrected chi connectivity index (χ0v) is 17.9. The van der Waals surface area contributed by atoms with Gasteiger partial charge in [0.05, 0.1) is 11.0 Å². The van der Waals surface area contributed by atoms with Gasteiger partial charge in [-0.25, -0.2) is 9.18 Å². The van der Waals surface area contributed by atoms with Crippen molar-refractivity contribution >= 4 is 33.9 Å². The van der Waals surface area contributed by atoms with E-state index in [0.717, 1.165) is 16.7 Å². The van der Waals surface area contributed by atoms with Crippen molar-refractivity contribution in [3.8, 4) is 5.75 Å². The molecule has 1 aliphatic rings. The first-order valence-corrected chi connectivity index (χ1v) is 10.3. The Hall–Kier alpha value is -3.45. The fraction of sp³-hybridized carbons (Fsp3) is 0.0833. The van der Waals surface area contributed by atoms with Gasteiger partial charge in [0.1, 0.15) is 23.9 Å². The molecule has 0 saturated carbocycles. The fourth-order valence-corrected chi connectivity index (χ4v) is 3.67. The second kappa shape index (κ2) is 9.14. The number of benzene rings is 3. The van der Waals surface area contributed by atoms with Crippen LogP contribution in [0.3, 0.4) is 0 Å². The van der Waals surface area contributed by atoms with E-state index in [1.165, 1.54) is 17.0 Å². The van der Waals surface area contributed by atoms with Crippen molar-refractivity contribution in [2.45, 2.75) is 13.2 Å². The van der Waals surface area contributed by atoms with E-state index in [-0.39, 0.29) is 30.6 Å². The number of imide groups is 1. The van der Waals surface area contributed by atoms with Gasteiger partial charge < -0.3 is 10.1 Å². The highest BCUT2D eigenvalue weighted by atomic mass is 79.9. The predicted octanol–water partition coefficient (Wildman–Crippen LogP) is 5.26. The smallest absolute Gasteiger partial charge is 0.329 e. The van der Waals surface area contributed by atoms with Crippen molar-refractivity contribution in [2.24, 2.45) is 0 Å². The number of rotatable bonds is 6. The van der Waals surface area contributed by atoms with Crippen molar-refractivity contribution in [1.82, 2.24) is 10.2 Å². The van der Waals surface area contributed by atoms with Crippen LogP contribution in [0.5, 0.6) is 5.75 Å². The topological polar surface area (TPSA) is 58.6 Å². The van der Waals surface area contributed by atoms with Crippen molar-refractivity contribution < 1.29 is 18.7 Å². The third-order valence-electron chi connectivity index (χ3n) is 4.70. The molecule has 1 saturated heterocycles. The number of hydrogen-bond acceptors (Lipinski definition) is 3. The van der Waals surface area contributed by atoms with Gasteiger partial charge in [-0.15, -0.1) is 0 Å². The first-order chi connectivity index (χ1) is 15.0. The first-order valence-electron chi connectivity index (χ1n) is 9.55. The molecule has 31 heavy (non-hydrogen) atoms. The van der Waals surface area contributed by atoms with E-state index in [1.807, 2.05) is 30.3 Å². The summed E-state index contributed by atoms with van der Waals surface area (Å²) in [4.78, 5) is 26.1. The monoisotopic (exact) mass is 480 g/mol. The maximum absolute atomic E-state index is 13.3. The number of ether oxygens (including phenoxy) is 1. The lowest BCUT2D eigenvalue weighted by Crippen LogP contribution is -2.30. The number of amides is 3. The predicted molar refractivity (Wildman–Crippen MR) is 118 cm³/mol.